The molecule has 0 fully saturated rings. The number of carbonyl (C=O) groups is 2. The number of ether oxygens (including phenoxy) is 11. The van der Waals surface area contributed by atoms with Crippen LogP contribution in [0.5, 0.6) is 0 Å². The van der Waals surface area contributed by atoms with Crippen LogP contribution in [-0.2, 0) is 68.3 Å². The zero-order chi connectivity index (χ0) is 33.3. The standard InChI is InChI=1S/C33H53NO13/c35-32-6-7-33(36)34(32)8-9-37-10-11-38-12-13-39-14-15-40-16-17-41-18-19-42-20-21-43-22-23-44-24-25-45-26-27-46-28-29-47-30-31-4-2-1-3-5-31/h1-7H,8-30H2. The van der Waals surface area contributed by atoms with Gasteiger partial charge in [0.25, 0.3) is 11.8 Å². The predicted molar refractivity (Wildman–Crippen MR) is 170 cm³/mol. The van der Waals surface area contributed by atoms with E-state index in [0.29, 0.717) is 139 Å². The Hall–Kier alpha value is -2.34. The van der Waals surface area contributed by atoms with Crippen molar-refractivity contribution in [3.63, 3.8) is 0 Å². The Morgan fingerprint density at radius 2 is 0.638 bits per heavy atom. The summed E-state index contributed by atoms with van der Waals surface area (Å²) in [5.41, 5.74) is 1.15. The lowest BCUT2D eigenvalue weighted by molar-refractivity contribution is -0.137. The fraction of sp³-hybridized carbons (Fsp3) is 0.697. The van der Waals surface area contributed by atoms with Crippen molar-refractivity contribution in [3.8, 4) is 0 Å². The van der Waals surface area contributed by atoms with Crippen LogP contribution >= 0.6 is 0 Å². The molecule has 0 atom stereocenters. The first kappa shape index (κ1) is 40.8. The number of benzene rings is 1. The fourth-order valence-electron chi connectivity index (χ4n) is 3.77. The van der Waals surface area contributed by atoms with Crippen LogP contribution < -0.4 is 0 Å². The van der Waals surface area contributed by atoms with E-state index < -0.39 is 0 Å². The summed E-state index contributed by atoms with van der Waals surface area (Å²) in [5.74, 6) is -0.612. The van der Waals surface area contributed by atoms with E-state index in [1.807, 2.05) is 30.3 Å². The lowest BCUT2D eigenvalue weighted by Gasteiger charge is -2.13. The molecule has 1 aliphatic rings. The van der Waals surface area contributed by atoms with E-state index in [1.54, 1.807) is 0 Å². The molecule has 47 heavy (non-hydrogen) atoms. The van der Waals surface area contributed by atoms with E-state index in [9.17, 15) is 9.59 Å². The fourth-order valence-corrected chi connectivity index (χ4v) is 3.77. The minimum Gasteiger partial charge on any atom is -0.377 e. The van der Waals surface area contributed by atoms with E-state index in [-0.39, 0.29) is 25.0 Å². The summed E-state index contributed by atoms with van der Waals surface area (Å²) in [7, 11) is 0. The number of amides is 2. The summed E-state index contributed by atoms with van der Waals surface area (Å²) in [4.78, 5) is 23.9. The maximum absolute atomic E-state index is 11.4. The molecule has 1 heterocycles. The topological polar surface area (TPSA) is 139 Å². The maximum Gasteiger partial charge on any atom is 0.253 e. The average molecular weight is 672 g/mol. The zero-order valence-corrected chi connectivity index (χ0v) is 27.6. The third-order valence-corrected chi connectivity index (χ3v) is 6.19. The van der Waals surface area contributed by atoms with Crippen LogP contribution in [0.2, 0.25) is 0 Å². The van der Waals surface area contributed by atoms with Gasteiger partial charge in [0, 0.05) is 12.2 Å². The van der Waals surface area contributed by atoms with Gasteiger partial charge in [-0.2, -0.15) is 0 Å². The van der Waals surface area contributed by atoms with Gasteiger partial charge in [0.2, 0.25) is 0 Å². The van der Waals surface area contributed by atoms with Gasteiger partial charge in [-0.3, -0.25) is 14.5 Å². The van der Waals surface area contributed by atoms with Crippen molar-refractivity contribution in [3.05, 3.63) is 48.0 Å². The van der Waals surface area contributed by atoms with Gasteiger partial charge in [-0.05, 0) is 5.56 Å². The predicted octanol–water partition coefficient (Wildman–Crippen LogP) is 1.29. The average Bonchev–Trinajstić information content (AvgIpc) is 3.41. The Balaban J connectivity index is 1.14. The Kier molecular flexibility index (Phi) is 26.9. The first-order chi connectivity index (χ1) is 23.3. The molecule has 0 unspecified atom stereocenters. The molecule has 1 aliphatic heterocycles. The van der Waals surface area contributed by atoms with Crippen molar-refractivity contribution in [2.45, 2.75) is 6.61 Å². The number of hydrogen-bond donors (Lipinski definition) is 0. The second-order valence-corrected chi connectivity index (χ2v) is 9.82. The lowest BCUT2D eigenvalue weighted by Crippen LogP contribution is -2.33. The maximum atomic E-state index is 11.4. The molecular weight excluding hydrogens is 618 g/mol. The van der Waals surface area contributed by atoms with Gasteiger partial charge in [0.05, 0.1) is 152 Å². The highest BCUT2D eigenvalue weighted by molar-refractivity contribution is 6.12. The van der Waals surface area contributed by atoms with Gasteiger partial charge < -0.3 is 52.1 Å². The Morgan fingerprint density at radius 1 is 0.362 bits per heavy atom. The molecule has 2 rings (SSSR count). The molecule has 0 radical (unpaired) electrons. The number of hydrogen-bond acceptors (Lipinski definition) is 13. The first-order valence-electron chi connectivity index (χ1n) is 16.2. The molecule has 14 heteroatoms. The Labute approximate surface area is 278 Å². The SMILES string of the molecule is O=C1C=CC(=O)N1CCOCCOCCOCCOCCOCCOCCOCCOCCOCCOCCOCc1ccccc1. The van der Waals surface area contributed by atoms with Crippen molar-refractivity contribution in [2.75, 3.05) is 145 Å². The monoisotopic (exact) mass is 671 g/mol. The van der Waals surface area contributed by atoms with Crippen LogP contribution in [0, 0.1) is 0 Å². The molecule has 0 saturated carbocycles. The number of carbonyl (C=O) groups excluding carboxylic acids is 2. The van der Waals surface area contributed by atoms with Crippen LogP contribution in [0.3, 0.4) is 0 Å². The summed E-state index contributed by atoms with van der Waals surface area (Å²) in [6, 6.07) is 10.1. The molecule has 0 saturated heterocycles. The molecule has 2 amide bonds. The van der Waals surface area contributed by atoms with Crippen LogP contribution in [0.4, 0.5) is 0 Å². The molecule has 14 nitrogen and oxygen atoms in total. The summed E-state index contributed by atoms with van der Waals surface area (Å²) < 4.78 is 60.1. The number of rotatable bonds is 35. The van der Waals surface area contributed by atoms with Crippen LogP contribution in [0.25, 0.3) is 0 Å². The third-order valence-electron chi connectivity index (χ3n) is 6.19. The second kappa shape index (κ2) is 31.0. The van der Waals surface area contributed by atoms with Gasteiger partial charge in [0.15, 0.2) is 0 Å². The molecule has 0 N–H and O–H groups in total. The molecule has 268 valence electrons. The van der Waals surface area contributed by atoms with Crippen molar-refractivity contribution in [1.82, 2.24) is 4.90 Å². The first-order valence-corrected chi connectivity index (χ1v) is 16.2. The summed E-state index contributed by atoms with van der Waals surface area (Å²) >= 11 is 0. The Bertz CT molecular complexity index is 888. The van der Waals surface area contributed by atoms with E-state index in [0.717, 1.165) is 10.5 Å². The second-order valence-electron chi connectivity index (χ2n) is 9.82. The molecule has 1 aromatic rings. The summed E-state index contributed by atoms with van der Waals surface area (Å²) in [6.45, 7) is 10.9. The van der Waals surface area contributed by atoms with Crippen molar-refractivity contribution in [2.24, 2.45) is 0 Å². The minimum atomic E-state index is -0.306. The highest BCUT2D eigenvalue weighted by Gasteiger charge is 2.22. The van der Waals surface area contributed by atoms with E-state index in [4.69, 9.17) is 52.1 Å². The lowest BCUT2D eigenvalue weighted by atomic mass is 10.2. The van der Waals surface area contributed by atoms with Crippen molar-refractivity contribution in [1.29, 1.82) is 0 Å². The van der Waals surface area contributed by atoms with Crippen LogP contribution in [0.1, 0.15) is 5.56 Å². The number of nitrogens with zero attached hydrogens (tertiary/aromatic N) is 1. The largest absolute Gasteiger partial charge is 0.377 e. The van der Waals surface area contributed by atoms with Crippen molar-refractivity contribution < 1.29 is 61.7 Å². The molecular formula is C33H53NO13. The molecule has 1 aromatic carbocycles. The smallest absolute Gasteiger partial charge is 0.253 e. The third kappa shape index (κ3) is 24.5. The molecule has 0 spiro atoms. The molecule has 0 aliphatic carbocycles. The minimum absolute atomic E-state index is 0.240. The highest BCUT2D eigenvalue weighted by atomic mass is 16.6. The quantitative estimate of drug-likeness (QED) is 0.0758. The molecule has 0 bridgehead atoms. The zero-order valence-electron chi connectivity index (χ0n) is 27.6. The van der Waals surface area contributed by atoms with Gasteiger partial charge in [0.1, 0.15) is 0 Å². The summed E-state index contributed by atoms with van der Waals surface area (Å²) in [5, 5.41) is 0. The van der Waals surface area contributed by atoms with E-state index in [2.05, 4.69) is 0 Å². The Morgan fingerprint density at radius 3 is 0.957 bits per heavy atom. The van der Waals surface area contributed by atoms with Gasteiger partial charge >= 0.3 is 0 Å². The van der Waals surface area contributed by atoms with Crippen LogP contribution in [-0.4, -0.2) is 162 Å². The van der Waals surface area contributed by atoms with Gasteiger partial charge in [-0.25, -0.2) is 0 Å². The summed E-state index contributed by atoms with van der Waals surface area (Å²) in [6.07, 6.45) is 2.51. The van der Waals surface area contributed by atoms with Gasteiger partial charge in [-0.1, -0.05) is 30.3 Å². The highest BCUT2D eigenvalue weighted by Crippen LogP contribution is 2.02. The van der Waals surface area contributed by atoms with Crippen LogP contribution in [0.15, 0.2) is 42.5 Å². The normalized spacial score (nSPS) is 13.0. The van der Waals surface area contributed by atoms with E-state index >= 15 is 0 Å². The number of imide groups is 1. The van der Waals surface area contributed by atoms with E-state index in [1.165, 1.54) is 12.2 Å². The van der Waals surface area contributed by atoms with Gasteiger partial charge in [-0.15, -0.1) is 0 Å². The molecule has 0 aromatic heterocycles. The van der Waals surface area contributed by atoms with Crippen molar-refractivity contribution >= 4 is 11.8 Å².